The van der Waals surface area contributed by atoms with E-state index in [0.29, 0.717) is 38.0 Å². The molecule has 116 valence electrons. The minimum absolute atomic E-state index is 0.00351. The molecule has 0 aliphatic carbocycles. The van der Waals surface area contributed by atoms with Gasteiger partial charge in [-0.15, -0.1) is 0 Å². The lowest BCUT2D eigenvalue weighted by Crippen LogP contribution is -2.46. The summed E-state index contributed by atoms with van der Waals surface area (Å²) < 4.78 is 1.96. The summed E-state index contributed by atoms with van der Waals surface area (Å²) in [6.07, 6.45) is 3.60. The van der Waals surface area contributed by atoms with E-state index in [-0.39, 0.29) is 11.9 Å². The Balaban J connectivity index is 2.10. The molecule has 1 aliphatic heterocycles. The number of piperidine rings is 1. The maximum absolute atomic E-state index is 12.6. The fourth-order valence-corrected chi connectivity index (χ4v) is 3.04. The van der Waals surface area contributed by atoms with Crippen molar-refractivity contribution in [3.8, 4) is 0 Å². The number of nitrogens with zero attached hydrogens (tertiary/aromatic N) is 2. The largest absolute Gasteiger partial charge is 0.481 e. The monoisotopic (exact) mass is 292 g/mol. The van der Waals surface area contributed by atoms with Gasteiger partial charge in [0.1, 0.15) is 5.69 Å². The van der Waals surface area contributed by atoms with Crippen LogP contribution in [-0.4, -0.2) is 39.5 Å². The van der Waals surface area contributed by atoms with Crippen LogP contribution in [0.25, 0.3) is 0 Å². The van der Waals surface area contributed by atoms with Crippen LogP contribution in [0.15, 0.2) is 18.3 Å². The molecule has 0 aromatic carbocycles. The second kappa shape index (κ2) is 5.92. The van der Waals surface area contributed by atoms with Crippen molar-refractivity contribution >= 4 is 11.9 Å². The fraction of sp³-hybridized carbons (Fsp3) is 0.625. The Morgan fingerprint density at radius 2 is 1.95 bits per heavy atom. The molecule has 5 nitrogen and oxygen atoms in total. The summed E-state index contributed by atoms with van der Waals surface area (Å²) in [4.78, 5) is 25.8. The molecule has 2 heterocycles. The number of likely N-dealkylation sites (tertiary alicyclic amines) is 1. The third kappa shape index (κ3) is 2.82. The second-order valence-electron chi connectivity index (χ2n) is 6.13. The summed E-state index contributed by atoms with van der Waals surface area (Å²) in [5.74, 6) is -0.730. The minimum atomic E-state index is -0.734. The normalized spacial score (nSPS) is 18.0. The van der Waals surface area contributed by atoms with E-state index in [1.54, 1.807) is 4.90 Å². The van der Waals surface area contributed by atoms with E-state index in [1.165, 1.54) is 0 Å². The van der Waals surface area contributed by atoms with Gasteiger partial charge in [-0.25, -0.2) is 0 Å². The number of carboxylic acids is 1. The van der Waals surface area contributed by atoms with Crippen LogP contribution >= 0.6 is 0 Å². The van der Waals surface area contributed by atoms with Gasteiger partial charge in [-0.05, 0) is 45.2 Å². The molecule has 0 radical (unpaired) electrons. The Bertz CT molecular complexity index is 525. The number of hydrogen-bond donors (Lipinski definition) is 1. The molecular weight excluding hydrogens is 268 g/mol. The lowest BCUT2D eigenvalue weighted by molar-refractivity contribution is -0.152. The first-order valence-corrected chi connectivity index (χ1v) is 7.61. The van der Waals surface area contributed by atoms with Crippen molar-refractivity contribution in [3.05, 3.63) is 24.0 Å². The van der Waals surface area contributed by atoms with Crippen LogP contribution in [-0.2, 0) is 4.79 Å². The third-order valence-electron chi connectivity index (χ3n) is 4.69. The first kappa shape index (κ1) is 15.6. The standard InChI is InChI=1S/C16H24N2O3/c1-4-16(15(20)21)7-10-17(11-8-16)14(19)13-6-5-9-18(13)12(2)3/h5-6,9,12H,4,7-8,10-11H2,1-3H3,(H,20,21). The van der Waals surface area contributed by atoms with Gasteiger partial charge in [-0.3, -0.25) is 9.59 Å². The summed E-state index contributed by atoms with van der Waals surface area (Å²) >= 11 is 0. The smallest absolute Gasteiger partial charge is 0.309 e. The Hall–Kier alpha value is -1.78. The molecule has 1 fully saturated rings. The highest BCUT2D eigenvalue weighted by Gasteiger charge is 2.41. The van der Waals surface area contributed by atoms with Crippen molar-refractivity contribution in [2.45, 2.75) is 46.1 Å². The molecule has 1 saturated heterocycles. The van der Waals surface area contributed by atoms with Gasteiger partial charge in [0.05, 0.1) is 5.41 Å². The Morgan fingerprint density at radius 1 is 1.33 bits per heavy atom. The molecule has 0 spiro atoms. The molecule has 0 saturated carbocycles. The number of aromatic nitrogens is 1. The van der Waals surface area contributed by atoms with Crippen molar-refractivity contribution in [2.75, 3.05) is 13.1 Å². The number of rotatable bonds is 4. The van der Waals surface area contributed by atoms with Gasteiger partial charge >= 0.3 is 5.97 Å². The Kier molecular flexibility index (Phi) is 4.40. The summed E-state index contributed by atoms with van der Waals surface area (Å²) in [7, 11) is 0. The lowest BCUT2D eigenvalue weighted by Gasteiger charge is -2.38. The van der Waals surface area contributed by atoms with Gasteiger partial charge in [0.2, 0.25) is 0 Å². The van der Waals surface area contributed by atoms with Crippen LogP contribution in [0.1, 0.15) is 56.6 Å². The topological polar surface area (TPSA) is 62.5 Å². The first-order valence-electron chi connectivity index (χ1n) is 7.61. The zero-order valence-corrected chi connectivity index (χ0v) is 13.0. The van der Waals surface area contributed by atoms with Crippen LogP contribution in [0.2, 0.25) is 0 Å². The average Bonchev–Trinajstić information content (AvgIpc) is 2.96. The van der Waals surface area contributed by atoms with E-state index in [9.17, 15) is 14.7 Å². The van der Waals surface area contributed by atoms with E-state index >= 15 is 0 Å². The zero-order valence-electron chi connectivity index (χ0n) is 13.0. The number of hydrogen-bond acceptors (Lipinski definition) is 2. The number of carbonyl (C=O) groups is 2. The van der Waals surface area contributed by atoms with Gasteiger partial charge < -0.3 is 14.6 Å². The molecule has 0 bridgehead atoms. The maximum atomic E-state index is 12.6. The van der Waals surface area contributed by atoms with Crippen molar-refractivity contribution in [1.29, 1.82) is 0 Å². The molecule has 2 rings (SSSR count). The molecule has 1 amide bonds. The number of carbonyl (C=O) groups excluding carboxylic acids is 1. The van der Waals surface area contributed by atoms with E-state index < -0.39 is 11.4 Å². The highest BCUT2D eigenvalue weighted by atomic mass is 16.4. The van der Waals surface area contributed by atoms with Gasteiger partial charge in [-0.1, -0.05) is 6.92 Å². The van der Waals surface area contributed by atoms with Crippen molar-refractivity contribution in [3.63, 3.8) is 0 Å². The molecule has 1 aliphatic rings. The third-order valence-corrected chi connectivity index (χ3v) is 4.69. The summed E-state index contributed by atoms with van der Waals surface area (Å²) in [6.45, 7) is 7.03. The van der Waals surface area contributed by atoms with E-state index in [1.807, 2.05) is 43.7 Å². The van der Waals surface area contributed by atoms with E-state index in [0.717, 1.165) is 0 Å². The zero-order chi connectivity index (χ0) is 15.6. The summed E-state index contributed by atoms with van der Waals surface area (Å²) in [6, 6.07) is 3.95. The predicted molar refractivity (Wildman–Crippen MR) is 80.3 cm³/mol. The van der Waals surface area contributed by atoms with Crippen molar-refractivity contribution in [1.82, 2.24) is 9.47 Å². The molecule has 1 aromatic rings. The molecule has 5 heteroatoms. The van der Waals surface area contributed by atoms with Crippen LogP contribution in [0.3, 0.4) is 0 Å². The molecule has 0 unspecified atom stereocenters. The Labute approximate surface area is 125 Å². The van der Waals surface area contributed by atoms with Crippen LogP contribution in [0.5, 0.6) is 0 Å². The highest BCUT2D eigenvalue weighted by molar-refractivity contribution is 5.93. The molecule has 1 N–H and O–H groups in total. The fourth-order valence-electron chi connectivity index (χ4n) is 3.04. The maximum Gasteiger partial charge on any atom is 0.309 e. The summed E-state index contributed by atoms with van der Waals surface area (Å²) in [5, 5.41) is 9.41. The molecule has 1 aromatic heterocycles. The highest BCUT2D eigenvalue weighted by Crippen LogP contribution is 2.35. The number of carboxylic acid groups (broad SMARTS) is 1. The Morgan fingerprint density at radius 3 is 2.43 bits per heavy atom. The SMILES string of the molecule is CCC1(C(=O)O)CCN(C(=O)c2cccn2C(C)C)CC1. The predicted octanol–water partition coefficient (Wildman–Crippen LogP) is 2.79. The molecule has 0 atom stereocenters. The van der Waals surface area contributed by atoms with Gasteiger partial charge in [0, 0.05) is 25.3 Å². The summed E-state index contributed by atoms with van der Waals surface area (Å²) in [5.41, 5.74) is 0.0286. The quantitative estimate of drug-likeness (QED) is 0.928. The molecule has 21 heavy (non-hydrogen) atoms. The number of aliphatic carboxylic acids is 1. The van der Waals surface area contributed by atoms with E-state index in [4.69, 9.17) is 0 Å². The minimum Gasteiger partial charge on any atom is -0.481 e. The van der Waals surface area contributed by atoms with Crippen molar-refractivity contribution in [2.24, 2.45) is 5.41 Å². The second-order valence-corrected chi connectivity index (χ2v) is 6.13. The van der Waals surface area contributed by atoms with E-state index in [2.05, 4.69) is 0 Å². The average molecular weight is 292 g/mol. The molecular formula is C16H24N2O3. The number of amides is 1. The van der Waals surface area contributed by atoms with Gasteiger partial charge in [-0.2, -0.15) is 0 Å². The van der Waals surface area contributed by atoms with Crippen molar-refractivity contribution < 1.29 is 14.7 Å². The van der Waals surface area contributed by atoms with Gasteiger partial charge in [0.25, 0.3) is 5.91 Å². The van der Waals surface area contributed by atoms with Crippen LogP contribution in [0.4, 0.5) is 0 Å². The first-order chi connectivity index (χ1) is 9.91. The van der Waals surface area contributed by atoms with Crippen LogP contribution < -0.4 is 0 Å². The van der Waals surface area contributed by atoms with Gasteiger partial charge in [0.15, 0.2) is 0 Å². The van der Waals surface area contributed by atoms with Crippen LogP contribution in [0, 0.1) is 5.41 Å². The lowest BCUT2D eigenvalue weighted by atomic mass is 9.76.